The van der Waals surface area contributed by atoms with Crippen LogP contribution in [0.5, 0.6) is 0 Å². The fraction of sp³-hybridized carbons (Fsp3) is 0.211. The zero-order chi connectivity index (χ0) is 18.4. The number of hydrogen-bond acceptors (Lipinski definition) is 4. The highest BCUT2D eigenvalue weighted by molar-refractivity contribution is 6.34. The van der Waals surface area contributed by atoms with Gasteiger partial charge >= 0.3 is 5.97 Å². The largest absolute Gasteiger partial charge is 0.469 e. The summed E-state index contributed by atoms with van der Waals surface area (Å²) in [7, 11) is 1.36. The van der Waals surface area contributed by atoms with Crippen molar-refractivity contribution in [3.05, 3.63) is 64.2 Å². The normalized spacial score (nSPS) is 11.3. The number of esters is 1. The number of hydrogen-bond donors (Lipinski definition) is 1. The summed E-state index contributed by atoms with van der Waals surface area (Å²) in [6, 6.07) is 13.7. The van der Waals surface area contributed by atoms with Crippen LogP contribution in [0.25, 0.3) is 0 Å². The molecule has 0 spiro atoms. The monoisotopic (exact) mass is 356 g/mol. The van der Waals surface area contributed by atoms with Crippen molar-refractivity contribution in [2.24, 2.45) is 5.92 Å². The molecule has 1 N–H and O–H groups in total. The van der Waals surface area contributed by atoms with Gasteiger partial charge in [-0.25, -0.2) is 0 Å². The molecule has 5 nitrogen and oxygen atoms in total. The third-order valence-corrected chi connectivity index (χ3v) is 4.03. The maximum absolute atomic E-state index is 12.3. The minimum atomic E-state index is -0.391. The minimum absolute atomic E-state index is 0.238. The average Bonchev–Trinajstić information content (AvgIpc) is 2.62. The Morgan fingerprint density at radius 3 is 2.52 bits per heavy atom. The third-order valence-electron chi connectivity index (χ3n) is 3.70. The number of carbonyl (C=O) groups is 2. The first-order chi connectivity index (χ1) is 11.9. The Balaban J connectivity index is 2.07. The Kier molecular flexibility index (Phi) is 6.15. The van der Waals surface area contributed by atoms with Crippen molar-refractivity contribution in [2.75, 3.05) is 12.4 Å². The van der Waals surface area contributed by atoms with Crippen LogP contribution in [0.1, 0.15) is 28.4 Å². The smallest absolute Gasteiger partial charge is 0.308 e. The van der Waals surface area contributed by atoms with Crippen LogP contribution >= 0.6 is 11.6 Å². The van der Waals surface area contributed by atoms with Crippen LogP contribution in [0, 0.1) is 17.2 Å². The van der Waals surface area contributed by atoms with E-state index in [1.54, 1.807) is 25.1 Å². The number of methoxy groups -OCH3 is 1. The molecule has 6 heteroatoms. The maximum atomic E-state index is 12.3. The lowest BCUT2D eigenvalue weighted by molar-refractivity contribution is -0.144. The van der Waals surface area contributed by atoms with Gasteiger partial charge in [-0.15, -0.1) is 0 Å². The first-order valence-corrected chi connectivity index (χ1v) is 8.00. The molecular weight excluding hydrogens is 340 g/mol. The lowest BCUT2D eigenvalue weighted by Gasteiger charge is -2.10. The number of rotatable bonds is 5. The molecular formula is C19H17ClN2O3. The zero-order valence-electron chi connectivity index (χ0n) is 13.9. The van der Waals surface area contributed by atoms with Gasteiger partial charge in [0, 0.05) is 5.69 Å². The van der Waals surface area contributed by atoms with Crippen LogP contribution in [-0.4, -0.2) is 19.0 Å². The van der Waals surface area contributed by atoms with Crippen molar-refractivity contribution >= 4 is 29.2 Å². The average molecular weight is 357 g/mol. The number of ether oxygens (including phenoxy) is 1. The molecule has 0 saturated carbocycles. The summed E-state index contributed by atoms with van der Waals surface area (Å²) < 4.78 is 4.71. The first kappa shape index (κ1) is 18.5. The molecule has 0 saturated heterocycles. The van der Waals surface area contributed by atoms with Crippen molar-refractivity contribution in [1.29, 1.82) is 5.26 Å². The highest BCUT2D eigenvalue weighted by Gasteiger charge is 2.14. The molecule has 0 bridgehead atoms. The number of halogens is 1. The molecule has 2 aromatic rings. The number of nitrogens with one attached hydrogen (secondary N) is 1. The van der Waals surface area contributed by atoms with E-state index in [-0.39, 0.29) is 22.5 Å². The maximum Gasteiger partial charge on any atom is 0.308 e. The third kappa shape index (κ3) is 4.82. The summed E-state index contributed by atoms with van der Waals surface area (Å²) in [6.07, 6.45) is 0.553. The van der Waals surface area contributed by atoms with Crippen LogP contribution in [0.15, 0.2) is 42.5 Å². The van der Waals surface area contributed by atoms with Gasteiger partial charge in [0.25, 0.3) is 5.91 Å². The number of nitriles is 1. The highest BCUT2D eigenvalue weighted by atomic mass is 35.5. The molecule has 0 aliphatic carbocycles. The van der Waals surface area contributed by atoms with Gasteiger partial charge in [-0.05, 0) is 42.3 Å². The molecule has 0 aliphatic heterocycles. The second-order valence-electron chi connectivity index (χ2n) is 5.59. The van der Waals surface area contributed by atoms with E-state index < -0.39 is 5.91 Å². The van der Waals surface area contributed by atoms with Gasteiger partial charge < -0.3 is 10.1 Å². The Morgan fingerprint density at radius 1 is 1.24 bits per heavy atom. The Hall–Kier alpha value is -2.84. The second kappa shape index (κ2) is 8.32. The number of nitrogens with zero attached hydrogens (tertiary/aromatic N) is 1. The molecule has 0 heterocycles. The van der Waals surface area contributed by atoms with E-state index in [2.05, 4.69) is 5.32 Å². The summed E-state index contributed by atoms with van der Waals surface area (Å²) in [6.45, 7) is 1.80. The number of anilines is 1. The molecule has 2 rings (SSSR count). The van der Waals surface area contributed by atoms with Gasteiger partial charge in [-0.1, -0.05) is 30.7 Å². The van der Waals surface area contributed by atoms with E-state index in [0.29, 0.717) is 17.7 Å². The summed E-state index contributed by atoms with van der Waals surface area (Å²) in [5, 5.41) is 11.9. The van der Waals surface area contributed by atoms with Crippen molar-refractivity contribution in [3.8, 4) is 6.07 Å². The van der Waals surface area contributed by atoms with Crippen LogP contribution in [0.2, 0.25) is 5.02 Å². The van der Waals surface area contributed by atoms with Gasteiger partial charge in [0.2, 0.25) is 0 Å². The van der Waals surface area contributed by atoms with Crippen molar-refractivity contribution < 1.29 is 14.3 Å². The molecule has 0 aromatic heterocycles. The van der Waals surface area contributed by atoms with Gasteiger partial charge in [0.15, 0.2) is 0 Å². The second-order valence-corrected chi connectivity index (χ2v) is 5.99. The molecule has 0 radical (unpaired) electrons. The fourth-order valence-corrected chi connectivity index (χ4v) is 2.53. The SMILES string of the molecule is COC(=O)C(C)Cc1ccc(NC(=O)c2cc(C#N)ccc2Cl)cc1. The van der Waals surface area contributed by atoms with Gasteiger partial charge in [-0.3, -0.25) is 9.59 Å². The zero-order valence-corrected chi connectivity index (χ0v) is 14.6. The lowest BCUT2D eigenvalue weighted by Crippen LogP contribution is -2.15. The van der Waals surface area contributed by atoms with E-state index in [1.165, 1.54) is 19.2 Å². The van der Waals surface area contributed by atoms with Gasteiger partial charge in [0.1, 0.15) is 0 Å². The highest BCUT2D eigenvalue weighted by Crippen LogP contribution is 2.20. The predicted molar refractivity (Wildman–Crippen MR) is 95.4 cm³/mol. The molecule has 1 amide bonds. The Morgan fingerprint density at radius 2 is 1.92 bits per heavy atom. The summed E-state index contributed by atoms with van der Waals surface area (Å²) >= 11 is 6.03. The standard InChI is InChI=1S/C19H17ClN2O3/c1-12(19(24)25-2)9-13-3-6-15(7-4-13)22-18(23)16-10-14(11-21)5-8-17(16)20/h3-8,10,12H,9H2,1-2H3,(H,22,23). The molecule has 128 valence electrons. The van der Waals surface area contributed by atoms with E-state index in [0.717, 1.165) is 5.56 Å². The fourth-order valence-electron chi connectivity index (χ4n) is 2.33. The van der Waals surface area contributed by atoms with Crippen molar-refractivity contribution in [1.82, 2.24) is 0 Å². The number of carbonyl (C=O) groups excluding carboxylic acids is 2. The molecule has 1 unspecified atom stereocenters. The quantitative estimate of drug-likeness (QED) is 0.826. The van der Waals surface area contributed by atoms with Gasteiger partial charge in [0.05, 0.1) is 35.2 Å². The van der Waals surface area contributed by atoms with Crippen molar-refractivity contribution in [3.63, 3.8) is 0 Å². The van der Waals surface area contributed by atoms with E-state index >= 15 is 0 Å². The van der Waals surface area contributed by atoms with E-state index in [4.69, 9.17) is 21.6 Å². The molecule has 25 heavy (non-hydrogen) atoms. The summed E-state index contributed by atoms with van der Waals surface area (Å²) in [5.74, 6) is -0.889. The molecule has 0 fully saturated rings. The van der Waals surface area contributed by atoms with Crippen LogP contribution < -0.4 is 5.32 Å². The molecule has 2 aromatic carbocycles. The van der Waals surface area contributed by atoms with E-state index in [1.807, 2.05) is 18.2 Å². The first-order valence-electron chi connectivity index (χ1n) is 7.62. The minimum Gasteiger partial charge on any atom is -0.469 e. The number of amides is 1. The van der Waals surface area contributed by atoms with Crippen LogP contribution in [0.3, 0.4) is 0 Å². The molecule has 1 atom stereocenters. The summed E-state index contributed by atoms with van der Waals surface area (Å²) in [5.41, 5.74) is 2.16. The van der Waals surface area contributed by atoms with Gasteiger partial charge in [-0.2, -0.15) is 5.26 Å². The van der Waals surface area contributed by atoms with E-state index in [9.17, 15) is 9.59 Å². The number of benzene rings is 2. The Bertz CT molecular complexity index is 826. The topological polar surface area (TPSA) is 79.2 Å². The summed E-state index contributed by atoms with van der Waals surface area (Å²) in [4.78, 5) is 23.8. The lowest BCUT2D eigenvalue weighted by atomic mass is 10.0. The predicted octanol–water partition coefficient (Wildman–Crippen LogP) is 3.82. The van der Waals surface area contributed by atoms with Crippen LogP contribution in [0.4, 0.5) is 5.69 Å². The van der Waals surface area contributed by atoms with Crippen LogP contribution in [-0.2, 0) is 16.0 Å². The van der Waals surface area contributed by atoms with Crippen molar-refractivity contribution in [2.45, 2.75) is 13.3 Å². The Labute approximate surface area is 151 Å². The molecule has 0 aliphatic rings.